The zero-order valence-corrected chi connectivity index (χ0v) is 19.9. The molecule has 0 aromatic heterocycles. The third kappa shape index (κ3) is 6.54. The van der Waals surface area contributed by atoms with E-state index in [1.165, 1.54) is 0 Å². The van der Waals surface area contributed by atoms with Crippen LogP contribution in [0.25, 0.3) is 0 Å². The SMILES string of the molecule is CCC(=O)N1c2ccccc2[C@H](Nc2ccc(NC(=O)C3CNC3)cc2)C[C@@H]1C.O=C(O)C(F)(F)F. The lowest BCUT2D eigenvalue weighted by Crippen LogP contribution is -2.48. The number of fused-ring (bicyclic) bond motifs is 1. The number of nitrogens with one attached hydrogen (secondary N) is 3. The second-order valence-electron chi connectivity index (χ2n) is 8.68. The minimum Gasteiger partial charge on any atom is -0.475 e. The van der Waals surface area contributed by atoms with Crippen LogP contribution in [0.5, 0.6) is 0 Å². The number of carboxylic acid groups (broad SMARTS) is 1. The van der Waals surface area contributed by atoms with Gasteiger partial charge in [0.25, 0.3) is 0 Å². The van der Waals surface area contributed by atoms with Crippen LogP contribution in [0.1, 0.15) is 38.3 Å². The number of hydrogen-bond acceptors (Lipinski definition) is 5. The van der Waals surface area contributed by atoms with Gasteiger partial charge in [-0.3, -0.25) is 9.59 Å². The number of nitrogens with zero attached hydrogens (tertiary/aromatic N) is 1. The molecule has 2 aliphatic heterocycles. The van der Waals surface area contributed by atoms with Crippen molar-refractivity contribution in [3.63, 3.8) is 0 Å². The predicted octanol–water partition coefficient (Wildman–Crippen LogP) is 4.17. The van der Waals surface area contributed by atoms with Crippen LogP contribution in [0.15, 0.2) is 48.5 Å². The van der Waals surface area contributed by atoms with Crippen molar-refractivity contribution in [2.75, 3.05) is 28.6 Å². The molecule has 1 fully saturated rings. The molecular formula is C25H29F3N4O4. The first-order chi connectivity index (χ1) is 17.0. The topological polar surface area (TPSA) is 111 Å². The van der Waals surface area contributed by atoms with E-state index in [0.717, 1.165) is 42.1 Å². The smallest absolute Gasteiger partial charge is 0.475 e. The average molecular weight is 507 g/mol. The van der Waals surface area contributed by atoms with Crippen molar-refractivity contribution in [3.05, 3.63) is 54.1 Å². The van der Waals surface area contributed by atoms with Gasteiger partial charge in [0, 0.05) is 42.6 Å². The predicted molar refractivity (Wildman–Crippen MR) is 130 cm³/mol. The number of carboxylic acids is 1. The van der Waals surface area contributed by atoms with Crippen molar-refractivity contribution in [2.24, 2.45) is 5.92 Å². The lowest BCUT2D eigenvalue weighted by Gasteiger charge is -2.40. The van der Waals surface area contributed by atoms with Crippen molar-refractivity contribution in [1.29, 1.82) is 0 Å². The molecule has 1 saturated heterocycles. The lowest BCUT2D eigenvalue weighted by molar-refractivity contribution is -0.192. The van der Waals surface area contributed by atoms with Crippen molar-refractivity contribution in [2.45, 2.75) is 44.9 Å². The Morgan fingerprint density at radius 2 is 1.64 bits per heavy atom. The summed E-state index contributed by atoms with van der Waals surface area (Å²) in [6.45, 7) is 5.51. The van der Waals surface area contributed by atoms with Crippen LogP contribution in [0.2, 0.25) is 0 Å². The van der Waals surface area contributed by atoms with Gasteiger partial charge in [0.15, 0.2) is 0 Å². The number of para-hydroxylation sites is 1. The second kappa shape index (κ2) is 11.4. The van der Waals surface area contributed by atoms with Crippen molar-refractivity contribution in [3.8, 4) is 0 Å². The number of carbonyl (C=O) groups is 3. The number of anilines is 3. The Hall–Kier alpha value is -3.60. The van der Waals surface area contributed by atoms with Crippen LogP contribution in [0.3, 0.4) is 0 Å². The van der Waals surface area contributed by atoms with Gasteiger partial charge in [-0.2, -0.15) is 13.2 Å². The lowest BCUT2D eigenvalue weighted by atomic mass is 9.91. The Bertz CT molecular complexity index is 1090. The van der Waals surface area contributed by atoms with Crippen LogP contribution < -0.4 is 20.9 Å². The van der Waals surface area contributed by atoms with Gasteiger partial charge in [-0.1, -0.05) is 25.1 Å². The third-order valence-corrected chi connectivity index (χ3v) is 6.05. The molecule has 0 radical (unpaired) electrons. The summed E-state index contributed by atoms with van der Waals surface area (Å²) in [6.07, 6.45) is -3.74. The number of aliphatic carboxylic acids is 1. The van der Waals surface area contributed by atoms with Gasteiger partial charge in [-0.25, -0.2) is 4.79 Å². The van der Waals surface area contributed by atoms with E-state index in [9.17, 15) is 22.8 Å². The molecule has 0 saturated carbocycles. The highest BCUT2D eigenvalue weighted by Crippen LogP contribution is 2.39. The Kier molecular flexibility index (Phi) is 8.57. The molecule has 2 atom stereocenters. The quantitative estimate of drug-likeness (QED) is 0.485. The first-order valence-corrected chi connectivity index (χ1v) is 11.6. The number of benzene rings is 2. The van der Waals surface area contributed by atoms with Crippen LogP contribution >= 0.6 is 0 Å². The fourth-order valence-corrected chi connectivity index (χ4v) is 4.07. The Labute approximate surface area is 206 Å². The van der Waals surface area contributed by atoms with E-state index in [0.29, 0.717) is 6.42 Å². The molecule has 2 heterocycles. The standard InChI is InChI=1S/C23H28N4O2.C2HF3O2/c1-3-22(28)27-15(2)12-20(19-6-4-5-7-21(19)27)25-17-8-10-18(11-9-17)26-23(29)16-13-24-14-16;3-2(4,5)1(6)7/h4-11,15-16,20,24-25H,3,12-14H2,1-2H3,(H,26,29);(H,6,7)/t15-,20+;/m0./s1. The van der Waals surface area contributed by atoms with Gasteiger partial charge < -0.3 is 26.0 Å². The van der Waals surface area contributed by atoms with Gasteiger partial charge in [0.1, 0.15) is 0 Å². The summed E-state index contributed by atoms with van der Waals surface area (Å²) in [5.41, 5.74) is 3.94. The number of hydrogen-bond donors (Lipinski definition) is 4. The van der Waals surface area contributed by atoms with E-state index in [1.54, 1.807) is 0 Å². The minimum absolute atomic E-state index is 0.0696. The van der Waals surface area contributed by atoms with E-state index in [1.807, 2.05) is 54.3 Å². The molecule has 0 bridgehead atoms. The fraction of sp³-hybridized carbons (Fsp3) is 0.400. The van der Waals surface area contributed by atoms with Gasteiger partial charge in [0.05, 0.1) is 12.0 Å². The summed E-state index contributed by atoms with van der Waals surface area (Å²) in [6, 6.07) is 16.2. The Balaban J connectivity index is 0.000000454. The molecule has 11 heteroatoms. The number of alkyl halides is 3. The van der Waals surface area contributed by atoms with Gasteiger partial charge in [-0.15, -0.1) is 0 Å². The molecule has 2 aromatic carbocycles. The molecule has 0 spiro atoms. The Morgan fingerprint density at radius 3 is 2.17 bits per heavy atom. The summed E-state index contributed by atoms with van der Waals surface area (Å²) in [5.74, 6) is -2.46. The first-order valence-electron chi connectivity index (χ1n) is 11.6. The number of halogens is 3. The summed E-state index contributed by atoms with van der Waals surface area (Å²) in [5, 5.41) is 16.8. The molecule has 194 valence electrons. The number of carbonyl (C=O) groups excluding carboxylic acids is 2. The molecule has 8 nitrogen and oxygen atoms in total. The summed E-state index contributed by atoms with van der Waals surface area (Å²) >= 11 is 0. The van der Waals surface area contributed by atoms with Crippen LogP contribution in [-0.2, 0) is 14.4 Å². The molecule has 2 amide bonds. The normalized spacial score (nSPS) is 19.2. The van der Waals surface area contributed by atoms with Crippen LogP contribution in [-0.4, -0.2) is 48.2 Å². The highest BCUT2D eigenvalue weighted by molar-refractivity contribution is 5.95. The van der Waals surface area contributed by atoms with Gasteiger partial charge >= 0.3 is 12.1 Å². The molecule has 4 rings (SSSR count). The van der Waals surface area contributed by atoms with E-state index in [4.69, 9.17) is 9.90 Å². The Morgan fingerprint density at radius 1 is 1.06 bits per heavy atom. The van der Waals surface area contributed by atoms with Crippen molar-refractivity contribution >= 4 is 34.8 Å². The van der Waals surface area contributed by atoms with Gasteiger partial charge in [0.2, 0.25) is 11.8 Å². The monoisotopic (exact) mass is 506 g/mol. The van der Waals surface area contributed by atoms with Crippen LogP contribution in [0.4, 0.5) is 30.2 Å². The van der Waals surface area contributed by atoms with Crippen LogP contribution in [0, 0.1) is 5.92 Å². The molecule has 2 aromatic rings. The molecule has 0 aliphatic carbocycles. The van der Waals surface area contributed by atoms with E-state index < -0.39 is 12.1 Å². The zero-order chi connectivity index (χ0) is 26.5. The summed E-state index contributed by atoms with van der Waals surface area (Å²) in [7, 11) is 0. The highest BCUT2D eigenvalue weighted by atomic mass is 19.4. The largest absolute Gasteiger partial charge is 0.490 e. The van der Waals surface area contributed by atoms with E-state index in [-0.39, 0.29) is 29.8 Å². The zero-order valence-electron chi connectivity index (χ0n) is 19.9. The second-order valence-corrected chi connectivity index (χ2v) is 8.68. The van der Waals surface area contributed by atoms with Crippen molar-refractivity contribution < 1.29 is 32.7 Å². The van der Waals surface area contributed by atoms with Gasteiger partial charge in [-0.05, 0) is 49.2 Å². The van der Waals surface area contributed by atoms with E-state index >= 15 is 0 Å². The molecule has 4 N–H and O–H groups in total. The molecule has 0 unspecified atom stereocenters. The molecule has 36 heavy (non-hydrogen) atoms. The third-order valence-electron chi connectivity index (χ3n) is 6.05. The maximum Gasteiger partial charge on any atom is 0.490 e. The van der Waals surface area contributed by atoms with E-state index in [2.05, 4.69) is 28.9 Å². The minimum atomic E-state index is -5.08. The fourth-order valence-electron chi connectivity index (χ4n) is 4.07. The number of rotatable bonds is 5. The van der Waals surface area contributed by atoms with Crippen molar-refractivity contribution in [1.82, 2.24) is 5.32 Å². The molecule has 2 aliphatic rings. The average Bonchev–Trinajstić information content (AvgIpc) is 2.78. The summed E-state index contributed by atoms with van der Waals surface area (Å²) in [4.78, 5) is 35.4. The number of amides is 2. The maximum absolute atomic E-state index is 12.5. The molecular weight excluding hydrogens is 477 g/mol. The first kappa shape index (κ1) is 27.0. The summed E-state index contributed by atoms with van der Waals surface area (Å²) < 4.78 is 31.7. The highest BCUT2D eigenvalue weighted by Gasteiger charge is 2.38. The maximum atomic E-state index is 12.5.